The molecular weight excluding hydrogens is 416 g/mol. The summed E-state index contributed by atoms with van der Waals surface area (Å²) in [6.45, 7) is 4.23. The van der Waals surface area contributed by atoms with Crippen molar-refractivity contribution in [2.45, 2.75) is 19.9 Å². The van der Waals surface area contributed by atoms with Crippen LogP contribution in [0, 0.1) is 13.8 Å². The predicted octanol–water partition coefficient (Wildman–Crippen LogP) is 4.29. The molecule has 33 heavy (non-hydrogen) atoms. The Morgan fingerprint density at radius 1 is 1.12 bits per heavy atom. The fourth-order valence-corrected chi connectivity index (χ4v) is 4.72. The Bertz CT molecular complexity index is 1560. The van der Waals surface area contributed by atoms with E-state index in [4.69, 9.17) is 9.72 Å². The van der Waals surface area contributed by atoms with Gasteiger partial charge >= 0.3 is 6.03 Å². The maximum atomic E-state index is 13.4. The Hall–Kier alpha value is -4.20. The lowest BCUT2D eigenvalue weighted by atomic mass is 10.0. The molecule has 0 aliphatic carbocycles. The van der Waals surface area contributed by atoms with Crippen molar-refractivity contribution in [3.63, 3.8) is 0 Å². The largest absolute Gasteiger partial charge is 0.491 e. The SMILES string of the molecule is Cc1nc2ccccc2c2c1c(C)nn2C(=O)N[C@@H]1COc2cc(-c3ccnn3C)ccc21. The number of hydrogen-bond acceptors (Lipinski definition) is 5. The number of rotatable bonds is 2. The summed E-state index contributed by atoms with van der Waals surface area (Å²) in [7, 11) is 1.91. The van der Waals surface area contributed by atoms with Crippen molar-refractivity contribution < 1.29 is 9.53 Å². The van der Waals surface area contributed by atoms with E-state index in [1.54, 1.807) is 6.20 Å². The third kappa shape index (κ3) is 2.98. The van der Waals surface area contributed by atoms with Crippen LogP contribution in [0.1, 0.15) is 23.0 Å². The Labute approximate surface area is 189 Å². The summed E-state index contributed by atoms with van der Waals surface area (Å²) < 4.78 is 9.21. The zero-order valence-electron chi connectivity index (χ0n) is 18.5. The van der Waals surface area contributed by atoms with Gasteiger partial charge in [0.15, 0.2) is 0 Å². The van der Waals surface area contributed by atoms with E-state index in [1.165, 1.54) is 4.68 Å². The van der Waals surface area contributed by atoms with E-state index >= 15 is 0 Å². The number of hydrogen-bond donors (Lipinski definition) is 1. The summed E-state index contributed by atoms with van der Waals surface area (Å²) in [5.41, 5.74) is 6.22. The van der Waals surface area contributed by atoms with Crippen molar-refractivity contribution in [1.29, 1.82) is 0 Å². The summed E-state index contributed by atoms with van der Waals surface area (Å²) in [6, 6.07) is 15.3. The standard InChI is InChI=1S/C25H22N6O2/c1-14-23-15(2)29-31(24(23)18-6-4-5-7-19(18)27-14)25(32)28-20-13-33-22-12-16(8-9-17(20)22)21-10-11-26-30(21)3/h4-12,20H,13H2,1-3H3,(H,28,32)/t20-/m1/s1. The number of carbonyl (C=O) groups is 1. The Balaban J connectivity index is 1.36. The number of aryl methyl sites for hydroxylation is 3. The molecule has 0 saturated heterocycles. The molecule has 0 saturated carbocycles. The van der Waals surface area contributed by atoms with Gasteiger partial charge in [0.25, 0.3) is 0 Å². The Morgan fingerprint density at radius 2 is 1.97 bits per heavy atom. The third-order valence-corrected chi connectivity index (χ3v) is 6.27. The molecule has 0 bridgehead atoms. The molecule has 5 aromatic rings. The second kappa shape index (κ2) is 7.16. The molecule has 0 unspecified atom stereocenters. The fraction of sp³-hybridized carbons (Fsp3) is 0.200. The molecule has 164 valence electrons. The second-order valence-corrected chi connectivity index (χ2v) is 8.34. The van der Waals surface area contributed by atoms with Crippen molar-refractivity contribution in [2.75, 3.05) is 6.61 Å². The van der Waals surface area contributed by atoms with Gasteiger partial charge in [0.05, 0.1) is 28.5 Å². The van der Waals surface area contributed by atoms with Crippen LogP contribution in [0.3, 0.4) is 0 Å². The maximum Gasteiger partial charge on any atom is 0.343 e. The van der Waals surface area contributed by atoms with Crippen LogP contribution in [0.15, 0.2) is 54.7 Å². The summed E-state index contributed by atoms with van der Waals surface area (Å²) in [5.74, 6) is 0.769. The van der Waals surface area contributed by atoms with Gasteiger partial charge in [0, 0.05) is 40.8 Å². The van der Waals surface area contributed by atoms with E-state index in [0.717, 1.165) is 55.8 Å². The van der Waals surface area contributed by atoms with Crippen LogP contribution in [0.2, 0.25) is 0 Å². The minimum absolute atomic E-state index is 0.262. The second-order valence-electron chi connectivity index (χ2n) is 8.34. The average molecular weight is 438 g/mol. The molecule has 2 aromatic carbocycles. The lowest BCUT2D eigenvalue weighted by Crippen LogP contribution is -2.33. The van der Waals surface area contributed by atoms with Crippen molar-refractivity contribution in [3.8, 4) is 17.0 Å². The number of fused-ring (bicyclic) bond motifs is 4. The third-order valence-electron chi connectivity index (χ3n) is 6.27. The first-order valence-corrected chi connectivity index (χ1v) is 10.8. The lowest BCUT2D eigenvalue weighted by molar-refractivity contribution is 0.231. The molecule has 0 radical (unpaired) electrons. The highest BCUT2D eigenvalue weighted by molar-refractivity contribution is 6.08. The molecule has 8 nitrogen and oxygen atoms in total. The van der Waals surface area contributed by atoms with Crippen molar-refractivity contribution >= 4 is 27.8 Å². The van der Waals surface area contributed by atoms with Crippen molar-refractivity contribution in [2.24, 2.45) is 7.05 Å². The molecule has 4 heterocycles. The molecule has 1 aliphatic rings. The summed E-state index contributed by atoms with van der Waals surface area (Å²) >= 11 is 0. The van der Waals surface area contributed by atoms with Gasteiger partial charge in [0.1, 0.15) is 12.4 Å². The molecule has 8 heteroatoms. The van der Waals surface area contributed by atoms with Gasteiger partial charge in [-0.15, -0.1) is 0 Å². The first-order valence-electron chi connectivity index (χ1n) is 10.8. The van der Waals surface area contributed by atoms with Crippen LogP contribution in [0.4, 0.5) is 4.79 Å². The summed E-state index contributed by atoms with van der Waals surface area (Å²) in [4.78, 5) is 18.1. The van der Waals surface area contributed by atoms with Crippen molar-refractivity contribution in [1.82, 2.24) is 29.9 Å². The van der Waals surface area contributed by atoms with Gasteiger partial charge in [-0.05, 0) is 32.0 Å². The minimum Gasteiger partial charge on any atom is -0.491 e. The lowest BCUT2D eigenvalue weighted by Gasteiger charge is -2.13. The van der Waals surface area contributed by atoms with Gasteiger partial charge in [-0.2, -0.15) is 14.9 Å². The van der Waals surface area contributed by atoms with E-state index in [2.05, 4.69) is 15.5 Å². The first kappa shape index (κ1) is 19.5. The van der Waals surface area contributed by atoms with Crippen LogP contribution in [0.25, 0.3) is 33.1 Å². The van der Waals surface area contributed by atoms with E-state index in [9.17, 15) is 4.79 Å². The number of amides is 1. The molecule has 1 amide bonds. The number of para-hydroxylation sites is 1. The number of pyridine rings is 1. The number of nitrogens with zero attached hydrogens (tertiary/aromatic N) is 5. The number of carbonyl (C=O) groups excluding carboxylic acids is 1. The van der Waals surface area contributed by atoms with E-state index in [1.807, 2.05) is 74.1 Å². The van der Waals surface area contributed by atoms with E-state index < -0.39 is 0 Å². The number of nitrogens with one attached hydrogen (secondary N) is 1. The minimum atomic E-state index is -0.291. The highest BCUT2D eigenvalue weighted by Crippen LogP contribution is 2.36. The zero-order chi connectivity index (χ0) is 22.7. The molecule has 6 rings (SSSR count). The molecule has 1 N–H and O–H groups in total. The molecule has 1 atom stereocenters. The maximum absolute atomic E-state index is 13.4. The molecule has 1 aliphatic heterocycles. The fourth-order valence-electron chi connectivity index (χ4n) is 4.72. The summed E-state index contributed by atoms with van der Waals surface area (Å²) in [5, 5.41) is 13.7. The Kier molecular flexibility index (Phi) is 4.23. The quantitative estimate of drug-likeness (QED) is 0.444. The molecule has 0 fully saturated rings. The van der Waals surface area contributed by atoms with E-state index in [0.29, 0.717) is 6.61 Å². The van der Waals surface area contributed by atoms with Crippen LogP contribution in [-0.4, -0.2) is 37.2 Å². The predicted molar refractivity (Wildman–Crippen MR) is 125 cm³/mol. The van der Waals surface area contributed by atoms with Gasteiger partial charge in [-0.1, -0.05) is 30.3 Å². The zero-order valence-corrected chi connectivity index (χ0v) is 18.5. The van der Waals surface area contributed by atoms with Crippen LogP contribution in [0.5, 0.6) is 5.75 Å². The molecular formula is C25H22N6O2. The van der Waals surface area contributed by atoms with Gasteiger partial charge in [-0.3, -0.25) is 9.67 Å². The van der Waals surface area contributed by atoms with Gasteiger partial charge in [0.2, 0.25) is 0 Å². The van der Waals surface area contributed by atoms with Gasteiger partial charge < -0.3 is 10.1 Å². The van der Waals surface area contributed by atoms with E-state index in [-0.39, 0.29) is 12.1 Å². The number of benzene rings is 2. The average Bonchev–Trinajstić information content (AvgIpc) is 3.51. The molecule has 0 spiro atoms. The van der Waals surface area contributed by atoms with Crippen molar-refractivity contribution in [3.05, 3.63) is 71.7 Å². The van der Waals surface area contributed by atoms with Crippen LogP contribution >= 0.6 is 0 Å². The highest BCUT2D eigenvalue weighted by Gasteiger charge is 2.28. The normalized spacial score (nSPS) is 15.1. The summed E-state index contributed by atoms with van der Waals surface area (Å²) in [6.07, 6.45) is 1.77. The topological polar surface area (TPSA) is 86.9 Å². The molecule has 3 aromatic heterocycles. The van der Waals surface area contributed by atoms with Gasteiger partial charge in [-0.25, -0.2) is 4.79 Å². The monoisotopic (exact) mass is 438 g/mol. The van der Waals surface area contributed by atoms with Crippen LogP contribution in [-0.2, 0) is 7.05 Å². The first-order chi connectivity index (χ1) is 16.0. The smallest absolute Gasteiger partial charge is 0.343 e. The highest BCUT2D eigenvalue weighted by atomic mass is 16.5. The Morgan fingerprint density at radius 3 is 2.79 bits per heavy atom. The number of aromatic nitrogens is 5. The number of ether oxygens (including phenoxy) is 1. The van der Waals surface area contributed by atoms with Crippen LogP contribution < -0.4 is 10.1 Å².